The Bertz CT molecular complexity index is 315. The Morgan fingerprint density at radius 3 is 2.69 bits per heavy atom. The van der Waals surface area contributed by atoms with Gasteiger partial charge in [0, 0.05) is 37.6 Å². The summed E-state index contributed by atoms with van der Waals surface area (Å²) in [6.07, 6.45) is 4.87. The van der Waals surface area contributed by atoms with Crippen LogP contribution in [0, 0.1) is 5.92 Å². The van der Waals surface area contributed by atoms with Gasteiger partial charge in [0.15, 0.2) is 0 Å². The van der Waals surface area contributed by atoms with Gasteiger partial charge in [0.2, 0.25) is 0 Å². The van der Waals surface area contributed by atoms with Gasteiger partial charge in [-0.25, -0.2) is 0 Å². The van der Waals surface area contributed by atoms with Crippen molar-refractivity contribution in [1.29, 1.82) is 0 Å². The monoisotopic (exact) mass is 219 g/mol. The topological polar surface area (TPSA) is 42.1 Å². The molecular formula is C13H21N3. The quantitative estimate of drug-likeness (QED) is 0.825. The molecule has 1 aromatic rings. The molecule has 2 N–H and O–H groups in total. The zero-order valence-electron chi connectivity index (χ0n) is 10.1. The molecule has 1 aliphatic heterocycles. The lowest BCUT2D eigenvalue weighted by molar-refractivity contribution is 0.124. The number of hydrogen-bond donors (Lipinski definition) is 1. The number of nitrogens with zero attached hydrogens (tertiary/aromatic N) is 2. The van der Waals surface area contributed by atoms with E-state index in [9.17, 15) is 0 Å². The van der Waals surface area contributed by atoms with Gasteiger partial charge < -0.3 is 5.73 Å². The van der Waals surface area contributed by atoms with Crippen LogP contribution in [-0.2, 0) is 0 Å². The van der Waals surface area contributed by atoms with Crippen LogP contribution in [0.2, 0.25) is 0 Å². The molecule has 1 saturated heterocycles. The van der Waals surface area contributed by atoms with Crippen LogP contribution in [0.15, 0.2) is 24.5 Å². The summed E-state index contributed by atoms with van der Waals surface area (Å²) in [6.45, 7) is 6.69. The molecule has 0 radical (unpaired) electrons. The van der Waals surface area contributed by atoms with Crippen molar-refractivity contribution >= 4 is 0 Å². The molecule has 0 aromatic carbocycles. The summed E-state index contributed by atoms with van der Waals surface area (Å²) >= 11 is 0. The highest BCUT2D eigenvalue weighted by Crippen LogP contribution is 2.25. The predicted molar refractivity (Wildman–Crippen MR) is 66.0 cm³/mol. The molecule has 3 unspecified atom stereocenters. The van der Waals surface area contributed by atoms with Gasteiger partial charge in [0.05, 0.1) is 0 Å². The van der Waals surface area contributed by atoms with Crippen molar-refractivity contribution in [3.8, 4) is 0 Å². The minimum atomic E-state index is 0.327. The lowest BCUT2D eigenvalue weighted by Crippen LogP contribution is -2.47. The van der Waals surface area contributed by atoms with Crippen molar-refractivity contribution in [2.75, 3.05) is 13.1 Å². The lowest BCUT2D eigenvalue weighted by Gasteiger charge is -2.38. The first kappa shape index (κ1) is 11.6. The second-order valence-electron chi connectivity index (χ2n) is 5.01. The second-order valence-corrected chi connectivity index (χ2v) is 5.01. The number of rotatable bonds is 2. The predicted octanol–water partition coefficient (Wildman–Crippen LogP) is 1.81. The molecular weight excluding hydrogens is 198 g/mol. The number of piperidine rings is 1. The third-order valence-corrected chi connectivity index (χ3v) is 3.46. The maximum Gasteiger partial charge on any atom is 0.0321 e. The molecule has 3 nitrogen and oxygen atoms in total. The minimum Gasteiger partial charge on any atom is -0.327 e. The molecule has 2 rings (SSSR count). The van der Waals surface area contributed by atoms with Crippen molar-refractivity contribution < 1.29 is 0 Å². The molecule has 0 bridgehead atoms. The van der Waals surface area contributed by atoms with Gasteiger partial charge in [-0.15, -0.1) is 0 Å². The van der Waals surface area contributed by atoms with E-state index in [0.29, 0.717) is 18.0 Å². The molecule has 0 saturated carbocycles. The maximum atomic E-state index is 6.08. The standard InChI is InChI=1S/C13H21N3/c1-10-7-13(14)9-16(8-10)11(2)12-3-5-15-6-4-12/h3-6,10-11,13H,7-9,14H2,1-2H3. The van der Waals surface area contributed by atoms with E-state index >= 15 is 0 Å². The van der Waals surface area contributed by atoms with Crippen molar-refractivity contribution in [2.24, 2.45) is 11.7 Å². The number of likely N-dealkylation sites (tertiary alicyclic amines) is 1. The molecule has 0 aliphatic carbocycles. The van der Waals surface area contributed by atoms with Gasteiger partial charge >= 0.3 is 0 Å². The van der Waals surface area contributed by atoms with E-state index in [1.165, 1.54) is 5.56 Å². The second kappa shape index (κ2) is 4.93. The van der Waals surface area contributed by atoms with Crippen LogP contribution < -0.4 is 5.73 Å². The zero-order chi connectivity index (χ0) is 11.5. The van der Waals surface area contributed by atoms with E-state index in [4.69, 9.17) is 5.73 Å². The van der Waals surface area contributed by atoms with Crippen LogP contribution in [0.4, 0.5) is 0 Å². The van der Waals surface area contributed by atoms with Crippen molar-refractivity contribution in [2.45, 2.75) is 32.4 Å². The molecule has 2 heterocycles. The SMILES string of the molecule is CC1CC(N)CN(C(C)c2ccncc2)C1. The summed E-state index contributed by atoms with van der Waals surface area (Å²) < 4.78 is 0. The first-order valence-electron chi connectivity index (χ1n) is 6.06. The van der Waals surface area contributed by atoms with Crippen LogP contribution >= 0.6 is 0 Å². The highest BCUT2D eigenvalue weighted by molar-refractivity contribution is 5.14. The van der Waals surface area contributed by atoms with Gasteiger partial charge in [0.1, 0.15) is 0 Å². The highest BCUT2D eigenvalue weighted by Gasteiger charge is 2.25. The van der Waals surface area contributed by atoms with E-state index in [1.54, 1.807) is 0 Å². The first-order chi connectivity index (χ1) is 7.66. The number of pyridine rings is 1. The van der Waals surface area contributed by atoms with Gasteiger partial charge in [-0.2, -0.15) is 0 Å². The third-order valence-electron chi connectivity index (χ3n) is 3.46. The Morgan fingerprint density at radius 2 is 2.06 bits per heavy atom. The molecule has 1 aromatic heterocycles. The summed E-state index contributed by atoms with van der Waals surface area (Å²) in [5.41, 5.74) is 7.41. The zero-order valence-corrected chi connectivity index (χ0v) is 10.1. The van der Waals surface area contributed by atoms with Crippen LogP contribution in [0.3, 0.4) is 0 Å². The Labute approximate surface area is 97.7 Å². The summed E-state index contributed by atoms with van der Waals surface area (Å²) in [4.78, 5) is 6.54. The van der Waals surface area contributed by atoms with Crippen LogP contribution in [0.25, 0.3) is 0 Å². The van der Waals surface area contributed by atoms with Crippen LogP contribution in [0.5, 0.6) is 0 Å². The third kappa shape index (κ3) is 2.60. The van der Waals surface area contributed by atoms with Crippen LogP contribution in [-0.4, -0.2) is 29.0 Å². The fourth-order valence-corrected chi connectivity index (χ4v) is 2.61. The Morgan fingerprint density at radius 1 is 1.38 bits per heavy atom. The Kier molecular flexibility index (Phi) is 3.56. The molecule has 0 spiro atoms. The van der Waals surface area contributed by atoms with Gasteiger partial charge in [-0.1, -0.05) is 6.92 Å². The summed E-state index contributed by atoms with van der Waals surface area (Å²) in [5, 5.41) is 0. The normalized spacial score (nSPS) is 28.9. The van der Waals surface area contributed by atoms with E-state index in [0.717, 1.165) is 19.5 Å². The molecule has 16 heavy (non-hydrogen) atoms. The average molecular weight is 219 g/mol. The van der Waals surface area contributed by atoms with E-state index in [-0.39, 0.29) is 0 Å². The molecule has 1 fully saturated rings. The van der Waals surface area contributed by atoms with Crippen LogP contribution in [0.1, 0.15) is 31.9 Å². The minimum absolute atomic E-state index is 0.327. The molecule has 3 atom stereocenters. The Balaban J connectivity index is 2.07. The van der Waals surface area contributed by atoms with E-state index in [1.807, 2.05) is 12.4 Å². The van der Waals surface area contributed by atoms with E-state index < -0.39 is 0 Å². The lowest BCUT2D eigenvalue weighted by atomic mass is 9.94. The Hall–Kier alpha value is -0.930. The molecule has 1 aliphatic rings. The van der Waals surface area contributed by atoms with Crippen molar-refractivity contribution in [3.05, 3.63) is 30.1 Å². The summed E-state index contributed by atoms with van der Waals surface area (Å²) in [5.74, 6) is 0.702. The van der Waals surface area contributed by atoms with Gasteiger partial charge in [-0.3, -0.25) is 9.88 Å². The largest absolute Gasteiger partial charge is 0.327 e. The fourth-order valence-electron chi connectivity index (χ4n) is 2.61. The average Bonchev–Trinajstić information content (AvgIpc) is 2.28. The maximum absolute atomic E-state index is 6.08. The number of nitrogens with two attached hydrogens (primary N) is 1. The van der Waals surface area contributed by atoms with Crippen molar-refractivity contribution in [1.82, 2.24) is 9.88 Å². The fraction of sp³-hybridized carbons (Fsp3) is 0.615. The smallest absolute Gasteiger partial charge is 0.0321 e. The highest BCUT2D eigenvalue weighted by atomic mass is 15.2. The molecule has 3 heteroatoms. The molecule has 88 valence electrons. The van der Waals surface area contributed by atoms with Gasteiger partial charge in [-0.05, 0) is 37.0 Å². The summed E-state index contributed by atoms with van der Waals surface area (Å²) in [7, 11) is 0. The van der Waals surface area contributed by atoms with E-state index in [2.05, 4.69) is 35.9 Å². The molecule has 0 amide bonds. The number of aromatic nitrogens is 1. The number of hydrogen-bond acceptors (Lipinski definition) is 3. The summed E-state index contributed by atoms with van der Waals surface area (Å²) in [6, 6.07) is 4.95. The van der Waals surface area contributed by atoms with Crippen molar-refractivity contribution in [3.63, 3.8) is 0 Å². The van der Waals surface area contributed by atoms with Gasteiger partial charge in [0.25, 0.3) is 0 Å². The first-order valence-corrected chi connectivity index (χ1v) is 6.06.